The van der Waals surface area contributed by atoms with Gasteiger partial charge in [-0.1, -0.05) is 0 Å². The molecule has 1 unspecified atom stereocenters. The molecule has 0 amide bonds. The van der Waals surface area contributed by atoms with Gasteiger partial charge in [0.05, 0.1) is 6.54 Å². The number of nitrogens with zero attached hydrogens (tertiary/aromatic N) is 1. The second kappa shape index (κ2) is 3.50. The molecule has 1 aliphatic rings. The molecule has 1 N–H and O–H groups in total. The molecule has 5 heteroatoms. The van der Waals surface area contributed by atoms with Crippen LogP contribution in [0.2, 0.25) is 0 Å². The lowest BCUT2D eigenvalue weighted by atomic mass is 10.5. The Balaban J connectivity index is 2.33. The van der Waals surface area contributed by atoms with Crippen molar-refractivity contribution in [3.8, 4) is 0 Å². The van der Waals surface area contributed by atoms with Crippen LogP contribution in [0.3, 0.4) is 0 Å². The van der Waals surface area contributed by atoms with Gasteiger partial charge in [0.15, 0.2) is 0 Å². The van der Waals surface area contributed by atoms with Gasteiger partial charge in [-0.25, -0.2) is 0 Å². The molecule has 1 saturated heterocycles. The summed E-state index contributed by atoms with van der Waals surface area (Å²) in [6.45, 7) is 0.951. The van der Waals surface area contributed by atoms with Crippen molar-refractivity contribution in [3.05, 3.63) is 0 Å². The van der Waals surface area contributed by atoms with E-state index in [-0.39, 0.29) is 11.3 Å². The number of carbonyl (C=O) groups is 1. The Morgan fingerprint density at radius 1 is 1.90 bits per heavy atom. The minimum atomic E-state index is -0.776. The third-order valence-electron chi connectivity index (χ3n) is 1.30. The first-order chi connectivity index (χ1) is 4.70. The standard InChI is InChI=1S/C5H9NO2S2/c7-4(8)3-6-1-2-10-5(6)9/h5,9H,1-3H2,(H,7,8). The van der Waals surface area contributed by atoms with Crippen LogP contribution in [0.15, 0.2) is 0 Å². The minimum Gasteiger partial charge on any atom is -0.480 e. The number of thioether (sulfide) groups is 1. The average molecular weight is 179 g/mol. The van der Waals surface area contributed by atoms with Gasteiger partial charge in [-0.15, -0.1) is 24.4 Å². The van der Waals surface area contributed by atoms with Crippen molar-refractivity contribution >= 4 is 30.4 Å². The van der Waals surface area contributed by atoms with Gasteiger partial charge in [-0.2, -0.15) is 0 Å². The molecule has 0 radical (unpaired) electrons. The third kappa shape index (κ3) is 2.07. The first-order valence-corrected chi connectivity index (χ1v) is 4.52. The number of thiol groups is 1. The largest absolute Gasteiger partial charge is 0.480 e. The Kier molecular flexibility index (Phi) is 2.88. The van der Waals surface area contributed by atoms with E-state index in [0.717, 1.165) is 12.3 Å². The zero-order valence-corrected chi connectivity index (χ0v) is 7.07. The number of hydrogen-bond donors (Lipinski definition) is 2. The smallest absolute Gasteiger partial charge is 0.317 e. The molecule has 10 heavy (non-hydrogen) atoms. The predicted octanol–water partition coefficient (Wildman–Crippen LogP) is 0.333. The molecule has 0 spiro atoms. The molecule has 1 aliphatic heterocycles. The second-order valence-electron chi connectivity index (χ2n) is 2.06. The third-order valence-corrected chi connectivity index (χ3v) is 3.08. The van der Waals surface area contributed by atoms with E-state index in [4.69, 9.17) is 5.11 Å². The second-order valence-corrected chi connectivity index (χ2v) is 4.09. The van der Waals surface area contributed by atoms with E-state index >= 15 is 0 Å². The highest BCUT2D eigenvalue weighted by atomic mass is 32.2. The first kappa shape index (κ1) is 8.23. The minimum absolute atomic E-state index is 0.0797. The topological polar surface area (TPSA) is 40.5 Å². The maximum absolute atomic E-state index is 10.2. The van der Waals surface area contributed by atoms with E-state index in [0.29, 0.717) is 0 Å². The van der Waals surface area contributed by atoms with Gasteiger partial charge in [0.25, 0.3) is 0 Å². The molecule has 58 valence electrons. The quantitative estimate of drug-likeness (QED) is 0.599. The number of carboxylic acid groups (broad SMARTS) is 1. The summed E-state index contributed by atoms with van der Waals surface area (Å²) in [4.78, 5) is 12.0. The van der Waals surface area contributed by atoms with Crippen LogP contribution >= 0.6 is 24.4 Å². The predicted molar refractivity (Wildman–Crippen MR) is 44.4 cm³/mol. The van der Waals surface area contributed by atoms with Crippen LogP contribution in [0.5, 0.6) is 0 Å². The number of carboxylic acids is 1. The number of hydrogen-bond acceptors (Lipinski definition) is 4. The lowest BCUT2D eigenvalue weighted by Gasteiger charge is -2.15. The van der Waals surface area contributed by atoms with Crippen molar-refractivity contribution in [3.63, 3.8) is 0 Å². The fraction of sp³-hybridized carbons (Fsp3) is 0.800. The summed E-state index contributed by atoms with van der Waals surface area (Å²) in [5.74, 6) is 0.211. The van der Waals surface area contributed by atoms with Gasteiger partial charge < -0.3 is 5.11 Å². The normalized spacial score (nSPS) is 27.1. The van der Waals surface area contributed by atoms with Crippen LogP contribution in [0, 0.1) is 0 Å². The van der Waals surface area contributed by atoms with Crippen molar-refractivity contribution in [2.24, 2.45) is 0 Å². The van der Waals surface area contributed by atoms with E-state index in [1.54, 1.807) is 11.8 Å². The van der Waals surface area contributed by atoms with Gasteiger partial charge in [-0.3, -0.25) is 9.69 Å². The van der Waals surface area contributed by atoms with Gasteiger partial charge >= 0.3 is 5.97 Å². The summed E-state index contributed by atoms with van der Waals surface area (Å²) in [7, 11) is 0. The summed E-state index contributed by atoms with van der Waals surface area (Å²) < 4.78 is 0.0797. The van der Waals surface area contributed by atoms with Crippen LogP contribution in [-0.2, 0) is 4.79 Å². The van der Waals surface area contributed by atoms with Gasteiger partial charge in [-0.05, 0) is 0 Å². The molecule has 0 aliphatic carbocycles. The van der Waals surface area contributed by atoms with Gasteiger partial charge in [0.1, 0.15) is 4.71 Å². The summed E-state index contributed by atoms with van der Waals surface area (Å²) in [5, 5.41) is 8.41. The van der Waals surface area contributed by atoms with Crippen molar-refractivity contribution in [2.45, 2.75) is 4.71 Å². The van der Waals surface area contributed by atoms with Crippen LogP contribution in [0.25, 0.3) is 0 Å². The summed E-state index contributed by atoms with van der Waals surface area (Å²) >= 11 is 5.86. The van der Waals surface area contributed by atoms with Crippen LogP contribution in [0.4, 0.5) is 0 Å². The van der Waals surface area contributed by atoms with E-state index in [2.05, 4.69) is 12.6 Å². The lowest BCUT2D eigenvalue weighted by molar-refractivity contribution is -0.138. The Labute approximate surface area is 69.2 Å². The zero-order valence-electron chi connectivity index (χ0n) is 5.36. The monoisotopic (exact) mass is 179 g/mol. The van der Waals surface area contributed by atoms with Gasteiger partial charge in [0, 0.05) is 12.3 Å². The molecule has 0 aromatic heterocycles. The first-order valence-electron chi connectivity index (χ1n) is 2.95. The molecule has 1 heterocycles. The van der Waals surface area contributed by atoms with Crippen molar-refractivity contribution in [1.29, 1.82) is 0 Å². The molecule has 1 rings (SSSR count). The molecule has 0 aromatic rings. The van der Waals surface area contributed by atoms with Gasteiger partial charge in [0.2, 0.25) is 0 Å². The molecular weight excluding hydrogens is 170 g/mol. The highest BCUT2D eigenvalue weighted by molar-refractivity contribution is 8.10. The van der Waals surface area contributed by atoms with Crippen LogP contribution in [0.1, 0.15) is 0 Å². The summed E-state index contributed by atoms with van der Waals surface area (Å²) in [6, 6.07) is 0. The number of rotatable bonds is 2. The lowest BCUT2D eigenvalue weighted by Crippen LogP contribution is -2.30. The van der Waals surface area contributed by atoms with Crippen molar-refractivity contribution < 1.29 is 9.90 Å². The molecule has 0 saturated carbocycles. The van der Waals surface area contributed by atoms with Crippen LogP contribution < -0.4 is 0 Å². The fourth-order valence-electron chi connectivity index (χ4n) is 0.822. The molecule has 0 bridgehead atoms. The summed E-state index contributed by atoms with van der Waals surface area (Å²) in [5.41, 5.74) is 0. The fourth-order valence-corrected chi connectivity index (χ4v) is 2.28. The van der Waals surface area contributed by atoms with Crippen molar-refractivity contribution in [2.75, 3.05) is 18.8 Å². The van der Waals surface area contributed by atoms with Crippen LogP contribution in [-0.4, -0.2) is 39.5 Å². The molecule has 1 atom stereocenters. The number of aliphatic carboxylic acids is 1. The van der Waals surface area contributed by atoms with E-state index < -0.39 is 5.97 Å². The Bertz CT molecular complexity index is 142. The van der Waals surface area contributed by atoms with Crippen molar-refractivity contribution in [1.82, 2.24) is 4.90 Å². The van der Waals surface area contributed by atoms with E-state index in [1.807, 2.05) is 4.90 Å². The van der Waals surface area contributed by atoms with E-state index in [9.17, 15) is 4.79 Å². The highest BCUT2D eigenvalue weighted by Gasteiger charge is 2.22. The molecule has 1 fully saturated rings. The maximum atomic E-state index is 10.2. The SMILES string of the molecule is O=C(O)CN1CCSC1S. The molecule has 0 aromatic carbocycles. The summed E-state index contributed by atoms with van der Waals surface area (Å²) in [6.07, 6.45) is 0. The highest BCUT2D eigenvalue weighted by Crippen LogP contribution is 2.25. The Morgan fingerprint density at radius 3 is 3.00 bits per heavy atom. The Morgan fingerprint density at radius 2 is 2.60 bits per heavy atom. The Hall–Kier alpha value is 0.130. The maximum Gasteiger partial charge on any atom is 0.317 e. The zero-order chi connectivity index (χ0) is 7.56. The van der Waals surface area contributed by atoms with E-state index in [1.165, 1.54) is 0 Å². The molecule has 3 nitrogen and oxygen atoms in total. The average Bonchev–Trinajstić information content (AvgIpc) is 2.15. The molecular formula is C5H9NO2S2.